The van der Waals surface area contributed by atoms with Crippen LogP contribution in [-0.2, 0) is 0 Å². The van der Waals surface area contributed by atoms with Crippen molar-refractivity contribution in [2.75, 3.05) is 92.4 Å². The Balaban J connectivity index is 1.37. The van der Waals surface area contributed by atoms with Crippen molar-refractivity contribution in [3.63, 3.8) is 0 Å². The van der Waals surface area contributed by atoms with Crippen LogP contribution in [-0.4, -0.2) is 185 Å². The van der Waals surface area contributed by atoms with Crippen LogP contribution in [0.25, 0.3) is 5.32 Å². The van der Waals surface area contributed by atoms with Gasteiger partial charge in [-0.05, 0) is 229 Å². The molecule has 0 saturated carbocycles. The van der Waals surface area contributed by atoms with Crippen LogP contribution in [0.15, 0.2) is 0 Å². The number of nitrogens with zero attached hydrogens (tertiary/aromatic N) is 15. The summed E-state index contributed by atoms with van der Waals surface area (Å²) in [5.41, 5.74) is 0.0849. The molecule has 2 aromatic heterocycles. The topological polar surface area (TPSA) is 129 Å². The molecule has 0 unspecified atom stereocenters. The van der Waals surface area contributed by atoms with Gasteiger partial charge in [0.1, 0.15) is 0 Å². The first-order chi connectivity index (χ1) is 37.6. The molecule has 0 amide bonds. The minimum absolute atomic E-state index is 0.00844. The molecule has 6 rings (SSSR count). The van der Waals surface area contributed by atoms with E-state index in [1.807, 2.05) is 0 Å². The van der Waals surface area contributed by atoms with E-state index in [9.17, 15) is 0 Å². The van der Waals surface area contributed by atoms with E-state index < -0.39 is 0 Å². The lowest BCUT2D eigenvalue weighted by molar-refractivity contribution is -0.0135. The molecule has 0 aliphatic carbocycles. The van der Waals surface area contributed by atoms with Crippen LogP contribution in [0.2, 0.25) is 0 Å². The molecule has 0 bridgehead atoms. The fourth-order valence-corrected chi connectivity index (χ4v) is 15.1. The molecule has 4 fully saturated rings. The number of anilines is 5. The molecule has 6 heterocycles. The maximum absolute atomic E-state index is 5.60. The lowest BCUT2D eigenvalue weighted by Crippen LogP contribution is -2.63. The monoisotopic (exact) mass is 1130 g/mol. The molecule has 4 aliphatic rings. The SMILES string of the molecule is CCCCN(c1nc([N-]CCCNc2nc(N(CCCC)C3CC(C)(C)N(C)C(C)(C)C3)nc(N(CCCC)C3CC(C)(C)N(C)C(C)(C)C3)n2)nc(N(CCCC)C2CC(C)(C)N(C)C(C)(C)C2)n1)C1CC(C)(C)N(C)C(C)(C)C1. The summed E-state index contributed by atoms with van der Waals surface area (Å²) in [5, 5.41) is 9.09. The predicted octanol–water partition coefficient (Wildman–Crippen LogP) is 13.6. The van der Waals surface area contributed by atoms with Gasteiger partial charge in [0.15, 0.2) is 11.9 Å². The van der Waals surface area contributed by atoms with E-state index in [1.54, 1.807) is 0 Å². The number of aromatic nitrogens is 6. The summed E-state index contributed by atoms with van der Waals surface area (Å²) in [4.78, 5) is 53.3. The molecule has 1 N–H and O–H groups in total. The molecule has 81 heavy (non-hydrogen) atoms. The summed E-state index contributed by atoms with van der Waals surface area (Å²) in [6, 6.07) is 1.11. The van der Waals surface area contributed by atoms with Crippen molar-refractivity contribution >= 4 is 35.7 Å². The summed E-state index contributed by atoms with van der Waals surface area (Å²) in [6.07, 6.45) is 17.7. The van der Waals surface area contributed by atoms with Crippen molar-refractivity contribution in [3.8, 4) is 0 Å². The second-order valence-corrected chi connectivity index (χ2v) is 30.8. The van der Waals surface area contributed by atoms with Crippen molar-refractivity contribution in [2.24, 2.45) is 0 Å². The van der Waals surface area contributed by atoms with Gasteiger partial charge in [-0.3, -0.25) is 19.6 Å². The Hall–Kier alpha value is -3.34. The van der Waals surface area contributed by atoms with E-state index in [2.05, 4.69) is 211 Å². The zero-order valence-corrected chi connectivity index (χ0v) is 56.8. The van der Waals surface area contributed by atoms with Crippen LogP contribution < -0.4 is 24.9 Å². The van der Waals surface area contributed by atoms with Crippen molar-refractivity contribution in [1.82, 2.24) is 49.5 Å². The van der Waals surface area contributed by atoms with Gasteiger partial charge in [0.25, 0.3) is 0 Å². The third-order valence-electron chi connectivity index (χ3n) is 21.0. The third-order valence-corrected chi connectivity index (χ3v) is 21.0. The van der Waals surface area contributed by atoms with Gasteiger partial charge >= 0.3 is 0 Å². The molecular formula is C65H123N16-. The molecule has 4 aliphatic heterocycles. The van der Waals surface area contributed by atoms with Gasteiger partial charge in [-0.15, -0.1) is 0 Å². The Morgan fingerprint density at radius 1 is 0.370 bits per heavy atom. The first-order valence-electron chi connectivity index (χ1n) is 32.5. The summed E-state index contributed by atoms with van der Waals surface area (Å²) in [6.45, 7) is 52.5. The molecule has 0 radical (unpaired) electrons. The Morgan fingerprint density at radius 2 is 0.605 bits per heavy atom. The Kier molecular flexibility index (Phi) is 21.5. The summed E-state index contributed by atoms with van der Waals surface area (Å²) in [7, 11) is 9.20. The van der Waals surface area contributed by atoms with Crippen LogP contribution in [0.1, 0.15) is 248 Å². The number of nitrogens with one attached hydrogen (secondary N) is 1. The van der Waals surface area contributed by atoms with E-state index in [0.29, 0.717) is 25.0 Å². The van der Waals surface area contributed by atoms with E-state index in [-0.39, 0.29) is 68.5 Å². The van der Waals surface area contributed by atoms with E-state index >= 15 is 0 Å². The normalized spacial score (nSPS) is 23.3. The van der Waals surface area contributed by atoms with Crippen LogP contribution in [0, 0.1) is 0 Å². The zero-order valence-electron chi connectivity index (χ0n) is 56.8. The average Bonchev–Trinajstić information content (AvgIpc) is 3.35. The first-order valence-corrected chi connectivity index (χ1v) is 32.5. The Bertz CT molecular complexity index is 1930. The second-order valence-electron chi connectivity index (χ2n) is 30.8. The number of rotatable bonds is 26. The Labute approximate surface area is 496 Å². The number of hydrogen-bond acceptors (Lipinski definition) is 15. The van der Waals surface area contributed by atoms with Crippen LogP contribution >= 0.6 is 0 Å². The molecule has 0 spiro atoms. The predicted molar refractivity (Wildman–Crippen MR) is 345 cm³/mol. The first kappa shape index (κ1) is 66.8. The largest absolute Gasteiger partial charge is 0.393 e. The smallest absolute Gasteiger partial charge is 0.232 e. The van der Waals surface area contributed by atoms with Crippen LogP contribution in [0.5, 0.6) is 0 Å². The van der Waals surface area contributed by atoms with Crippen molar-refractivity contribution in [2.45, 2.75) is 316 Å². The summed E-state index contributed by atoms with van der Waals surface area (Å²) in [5.74, 6) is 4.33. The number of piperidine rings is 4. The van der Waals surface area contributed by atoms with Gasteiger partial charge in [0.2, 0.25) is 17.8 Å². The van der Waals surface area contributed by atoms with Gasteiger partial charge in [-0.25, -0.2) is 4.98 Å². The summed E-state index contributed by atoms with van der Waals surface area (Å²) < 4.78 is 0. The maximum Gasteiger partial charge on any atom is 0.232 e. The molecule has 16 heteroatoms. The maximum atomic E-state index is 5.60. The fraction of sp³-hybridized carbons (Fsp3) is 0.908. The zero-order chi connectivity index (χ0) is 60.3. The number of hydrogen-bond donors (Lipinski definition) is 1. The number of likely N-dealkylation sites (tertiary alicyclic amines) is 4. The van der Waals surface area contributed by atoms with Gasteiger partial charge < -0.3 is 40.2 Å². The molecule has 0 aromatic carbocycles. The highest BCUT2D eigenvalue weighted by Gasteiger charge is 2.49. The highest BCUT2D eigenvalue weighted by atomic mass is 15.4. The highest BCUT2D eigenvalue weighted by Crippen LogP contribution is 2.45. The van der Waals surface area contributed by atoms with Crippen molar-refractivity contribution in [1.29, 1.82) is 0 Å². The van der Waals surface area contributed by atoms with Gasteiger partial charge in [0, 0.05) is 107 Å². The molecule has 16 nitrogen and oxygen atoms in total. The quantitative estimate of drug-likeness (QED) is 0.0897. The van der Waals surface area contributed by atoms with Crippen molar-refractivity contribution < 1.29 is 0 Å². The lowest BCUT2D eigenvalue weighted by atomic mass is 9.77. The number of unbranched alkanes of at least 4 members (excludes halogenated alkanes) is 4. The van der Waals surface area contributed by atoms with Crippen LogP contribution in [0.3, 0.4) is 0 Å². The van der Waals surface area contributed by atoms with Gasteiger partial charge in [-0.2, -0.15) is 15.0 Å². The van der Waals surface area contributed by atoms with Gasteiger partial charge in [-0.1, -0.05) is 53.4 Å². The standard InChI is InChI=1S/C65H123N16/c1-25-29-36-78(48-40-58(5,6)74(21)59(7,8)41-48)54-68-52(69-55(72-54)79(37-30-26-2)49-42-60(9,10)75(22)61(11,12)43-49)66-34-33-35-67-53-70-56(80(38-31-27-3)50-44-62(13,14)76(23)63(15,16)45-50)73-57(71-53)81(39-32-28-4)51-46-64(17,18)77(24)65(19,20)47-51/h48-51H,25-47H2,1-24H3,(H-,66,67,68,69,70,71,72,73)/q-1. The van der Waals surface area contributed by atoms with Crippen molar-refractivity contribution in [3.05, 3.63) is 5.32 Å². The van der Waals surface area contributed by atoms with E-state index in [1.165, 1.54) is 0 Å². The molecule has 0 atom stereocenters. The minimum Gasteiger partial charge on any atom is -0.393 e. The fourth-order valence-electron chi connectivity index (χ4n) is 15.1. The average molecular weight is 1130 g/mol. The lowest BCUT2D eigenvalue weighted by Gasteiger charge is -2.56. The van der Waals surface area contributed by atoms with Crippen LogP contribution in [0.4, 0.5) is 35.7 Å². The second kappa shape index (κ2) is 26.1. The van der Waals surface area contributed by atoms with Gasteiger partial charge in [0.05, 0.1) is 0 Å². The third kappa shape index (κ3) is 15.8. The van der Waals surface area contributed by atoms with E-state index in [4.69, 9.17) is 35.2 Å². The highest BCUT2D eigenvalue weighted by molar-refractivity contribution is 5.50. The minimum atomic E-state index is 0.00844. The summed E-state index contributed by atoms with van der Waals surface area (Å²) >= 11 is 0. The molecular weight excluding hydrogens is 1000 g/mol. The molecule has 4 saturated heterocycles. The Morgan fingerprint density at radius 3 is 0.840 bits per heavy atom. The molecule has 2 aromatic rings. The molecule has 464 valence electrons. The van der Waals surface area contributed by atoms with E-state index in [0.717, 1.165) is 159 Å².